The number of carboxylic acids is 1. The number of aromatic amines is 1. The number of halogens is 1. The van der Waals surface area contributed by atoms with Gasteiger partial charge in [0.2, 0.25) is 16.7 Å². The van der Waals surface area contributed by atoms with Crippen molar-refractivity contribution in [2.45, 2.75) is 43.3 Å². The number of hydrogen-bond acceptors (Lipinski definition) is 13. The number of nitrogens with zero attached hydrogens (tertiary/aromatic N) is 7. The average molecular weight is 554 g/mol. The number of carbonyl (C=O) groups is 1. The van der Waals surface area contributed by atoms with E-state index in [0.717, 1.165) is 10.1 Å². The predicted octanol–water partition coefficient (Wildman–Crippen LogP) is 0.523. The van der Waals surface area contributed by atoms with Crippen LogP contribution in [-0.2, 0) is 26.3 Å². The van der Waals surface area contributed by atoms with Crippen LogP contribution in [0.4, 0.5) is 5.82 Å². The molecule has 0 aliphatic carbocycles. The molecule has 0 spiro atoms. The molecule has 4 atom stereocenters. The van der Waals surface area contributed by atoms with E-state index in [0.29, 0.717) is 12.8 Å². The van der Waals surface area contributed by atoms with Crippen molar-refractivity contribution in [3.8, 4) is 0 Å². The van der Waals surface area contributed by atoms with E-state index >= 15 is 0 Å². The first-order chi connectivity index (χ1) is 17.8. The highest BCUT2D eigenvalue weighted by molar-refractivity contribution is 7.07. The van der Waals surface area contributed by atoms with E-state index in [1.807, 2.05) is 16.8 Å². The molecule has 0 aliphatic rings. The second kappa shape index (κ2) is 11.4. The van der Waals surface area contributed by atoms with Gasteiger partial charge in [0, 0.05) is 7.11 Å². The van der Waals surface area contributed by atoms with Gasteiger partial charge in [-0.3, -0.25) is 4.57 Å². The van der Waals surface area contributed by atoms with Crippen LogP contribution >= 0.6 is 22.9 Å². The van der Waals surface area contributed by atoms with Gasteiger partial charge < -0.3 is 30.5 Å². The van der Waals surface area contributed by atoms with Crippen molar-refractivity contribution < 1.29 is 29.6 Å². The number of H-pyrrole nitrogens is 1. The molecular formula is C20H24ClN9O6S. The number of methoxy groups -OCH3 is 1. The van der Waals surface area contributed by atoms with E-state index in [1.54, 1.807) is 11.3 Å². The zero-order valence-corrected chi connectivity index (χ0v) is 21.0. The number of aliphatic hydroxyl groups excluding tert-OH is 2. The topological polar surface area (TPSA) is 220 Å². The third kappa shape index (κ3) is 5.53. The summed E-state index contributed by atoms with van der Waals surface area (Å²) in [6.45, 7) is -0.446. The number of thiophene rings is 1. The zero-order chi connectivity index (χ0) is 26.6. The molecule has 0 aromatic carbocycles. The van der Waals surface area contributed by atoms with E-state index in [9.17, 15) is 20.1 Å². The van der Waals surface area contributed by atoms with Gasteiger partial charge in [0.1, 0.15) is 17.7 Å². The number of aryl methyl sites for hydroxylation is 1. The number of fused-ring (bicyclic) bond motifs is 1. The molecule has 0 aliphatic heterocycles. The number of nitrogen functional groups attached to an aromatic ring is 1. The molecule has 198 valence electrons. The van der Waals surface area contributed by atoms with Crippen molar-refractivity contribution in [2.75, 3.05) is 19.5 Å². The number of hydrogen-bond donors (Lipinski definition) is 5. The number of tetrazole rings is 1. The Balaban J connectivity index is 1.53. The number of rotatable bonds is 13. The lowest BCUT2D eigenvalue weighted by atomic mass is 9.94. The quantitative estimate of drug-likeness (QED) is 0.143. The van der Waals surface area contributed by atoms with Crippen LogP contribution in [0.1, 0.15) is 30.5 Å². The van der Waals surface area contributed by atoms with Gasteiger partial charge in [0.15, 0.2) is 17.7 Å². The van der Waals surface area contributed by atoms with Gasteiger partial charge >= 0.3 is 5.97 Å². The molecule has 0 saturated carbocycles. The van der Waals surface area contributed by atoms with Gasteiger partial charge in [-0.2, -0.15) is 26.5 Å². The standard InChI is InChI=1S/C20H24ClN9O6S/c1-35-11(13(31)16(32)30-9-23-12-14(22)24-19(21)25-15(12)30)7-36-20(18(33)34,17-26-28-29-27-17)5-2-3-10-4-6-37-8-10/h4,6,8-9,11,13,16,31-32H,2-3,5,7H2,1H3,(H,33,34)(H2,22,24,25)(H,26,27,28,29)/t11-,13-,16-,20?/m1/s1. The highest BCUT2D eigenvalue weighted by Crippen LogP contribution is 2.31. The largest absolute Gasteiger partial charge is 0.479 e. The molecular weight excluding hydrogens is 530 g/mol. The van der Waals surface area contributed by atoms with Crippen molar-refractivity contribution in [1.82, 2.24) is 40.1 Å². The summed E-state index contributed by atoms with van der Waals surface area (Å²) in [6.07, 6.45) is -2.18. The molecule has 0 saturated heterocycles. The molecule has 15 nitrogen and oxygen atoms in total. The third-order valence-corrected chi connectivity index (χ3v) is 6.72. The van der Waals surface area contributed by atoms with Crippen molar-refractivity contribution in [3.63, 3.8) is 0 Å². The SMILES string of the molecule is CO[C@H](COC(CCCc1ccsc1)(C(=O)O)c1nn[nH]n1)[C@@H](O)[C@@H](O)n1cnc2c(N)nc(Cl)nc21. The second-order valence-electron chi connectivity index (χ2n) is 8.04. The molecule has 17 heteroatoms. The third-order valence-electron chi connectivity index (χ3n) is 5.82. The van der Waals surface area contributed by atoms with E-state index in [2.05, 4.69) is 35.6 Å². The monoisotopic (exact) mass is 553 g/mol. The van der Waals surface area contributed by atoms with Gasteiger partial charge in [-0.15, -0.1) is 10.2 Å². The Morgan fingerprint density at radius 3 is 2.84 bits per heavy atom. The van der Waals surface area contributed by atoms with Crippen molar-refractivity contribution in [2.24, 2.45) is 0 Å². The Morgan fingerprint density at radius 1 is 1.38 bits per heavy atom. The van der Waals surface area contributed by atoms with Crippen LogP contribution in [0, 0.1) is 0 Å². The second-order valence-corrected chi connectivity index (χ2v) is 9.16. The first kappa shape index (κ1) is 26.8. The van der Waals surface area contributed by atoms with Crippen molar-refractivity contribution >= 4 is 45.9 Å². The average Bonchev–Trinajstić information content (AvgIpc) is 3.64. The Kier molecular flexibility index (Phi) is 8.25. The Morgan fingerprint density at radius 2 is 2.19 bits per heavy atom. The first-order valence-electron chi connectivity index (χ1n) is 10.9. The first-order valence-corrected chi connectivity index (χ1v) is 12.3. The van der Waals surface area contributed by atoms with Crippen LogP contribution in [0.3, 0.4) is 0 Å². The summed E-state index contributed by atoms with van der Waals surface area (Å²) in [6, 6.07) is 1.95. The van der Waals surface area contributed by atoms with E-state index in [-0.39, 0.29) is 34.5 Å². The Bertz CT molecular complexity index is 1320. The molecule has 0 radical (unpaired) electrons. The van der Waals surface area contributed by atoms with Crippen LogP contribution < -0.4 is 5.73 Å². The molecule has 0 amide bonds. The Labute approximate surface area is 218 Å². The summed E-state index contributed by atoms with van der Waals surface area (Å²) in [4.78, 5) is 24.3. The molecule has 4 aromatic heterocycles. The van der Waals surface area contributed by atoms with E-state index in [1.165, 1.54) is 13.4 Å². The summed E-state index contributed by atoms with van der Waals surface area (Å²) >= 11 is 7.41. The van der Waals surface area contributed by atoms with Gasteiger partial charge in [0.05, 0.1) is 12.9 Å². The number of nitrogens with two attached hydrogens (primary N) is 1. The van der Waals surface area contributed by atoms with Crippen molar-refractivity contribution in [3.05, 3.63) is 39.8 Å². The van der Waals surface area contributed by atoms with E-state index in [4.69, 9.17) is 26.8 Å². The Hall–Kier alpha value is -3.28. The number of nitrogens with one attached hydrogen (secondary N) is 1. The van der Waals surface area contributed by atoms with Gasteiger partial charge in [-0.05, 0) is 53.3 Å². The summed E-state index contributed by atoms with van der Waals surface area (Å²) < 4.78 is 12.3. The normalized spacial score (nSPS) is 15.9. The van der Waals surface area contributed by atoms with Crippen LogP contribution in [0.2, 0.25) is 5.28 Å². The molecule has 37 heavy (non-hydrogen) atoms. The highest BCUT2D eigenvalue weighted by Gasteiger charge is 2.46. The molecule has 4 aromatic rings. The minimum atomic E-state index is -1.98. The number of ether oxygens (including phenoxy) is 2. The number of carboxylic acid groups (broad SMARTS) is 1. The maximum atomic E-state index is 12.5. The molecule has 0 bridgehead atoms. The summed E-state index contributed by atoms with van der Waals surface area (Å²) in [7, 11) is 1.28. The summed E-state index contributed by atoms with van der Waals surface area (Å²) in [5, 5.41) is 49.1. The number of aromatic nitrogens is 8. The van der Waals surface area contributed by atoms with Gasteiger partial charge in [-0.1, -0.05) is 5.21 Å². The maximum absolute atomic E-state index is 12.5. The maximum Gasteiger partial charge on any atom is 0.344 e. The molecule has 1 unspecified atom stereocenters. The van der Waals surface area contributed by atoms with Crippen LogP contribution in [0.5, 0.6) is 0 Å². The summed E-state index contributed by atoms with van der Waals surface area (Å²) in [5.74, 6) is -1.53. The summed E-state index contributed by atoms with van der Waals surface area (Å²) in [5.41, 5.74) is 5.13. The highest BCUT2D eigenvalue weighted by atomic mass is 35.5. The number of aliphatic carboxylic acids is 1. The molecule has 4 heterocycles. The van der Waals surface area contributed by atoms with Crippen LogP contribution in [0.25, 0.3) is 11.2 Å². The van der Waals surface area contributed by atoms with Crippen LogP contribution in [0.15, 0.2) is 23.2 Å². The minimum Gasteiger partial charge on any atom is -0.479 e. The zero-order valence-electron chi connectivity index (χ0n) is 19.4. The number of imidazole rings is 1. The lowest BCUT2D eigenvalue weighted by molar-refractivity contribution is -0.186. The number of aliphatic hydroxyl groups is 2. The van der Waals surface area contributed by atoms with Gasteiger partial charge in [-0.25, -0.2) is 9.78 Å². The molecule has 0 fully saturated rings. The minimum absolute atomic E-state index is 0.00382. The fraction of sp³-hybridized carbons (Fsp3) is 0.450. The fourth-order valence-corrected chi connectivity index (χ4v) is 4.69. The number of anilines is 1. The van der Waals surface area contributed by atoms with Gasteiger partial charge in [0.25, 0.3) is 0 Å². The molecule has 4 rings (SSSR count). The smallest absolute Gasteiger partial charge is 0.344 e. The lowest BCUT2D eigenvalue weighted by Crippen LogP contribution is -2.46. The lowest BCUT2D eigenvalue weighted by Gasteiger charge is -2.31. The van der Waals surface area contributed by atoms with Crippen molar-refractivity contribution in [1.29, 1.82) is 0 Å². The van der Waals surface area contributed by atoms with E-state index < -0.39 is 36.6 Å². The van der Waals surface area contributed by atoms with Crippen LogP contribution in [-0.4, -0.2) is 87.4 Å². The fourth-order valence-electron chi connectivity index (χ4n) is 3.81. The molecule has 6 N–H and O–H groups in total. The predicted molar refractivity (Wildman–Crippen MR) is 130 cm³/mol.